The molecule has 1 fully saturated rings. The number of piperidine rings is 1. The molecule has 0 spiro atoms. The summed E-state index contributed by atoms with van der Waals surface area (Å²) in [6.07, 6.45) is 0.588. The van der Waals surface area contributed by atoms with Crippen LogP contribution in [0.15, 0.2) is 0 Å². The Morgan fingerprint density at radius 2 is 2.06 bits per heavy atom. The Bertz CT molecular complexity index is 238. The topological polar surface area (TPSA) is 62.4 Å². The minimum Gasteiger partial charge on any atom is -0.444 e. The molecule has 5 nitrogen and oxygen atoms in total. The first-order valence-electron chi connectivity index (χ1n) is 5.80. The summed E-state index contributed by atoms with van der Waals surface area (Å²) in [6, 6.07) is 0.405. The van der Waals surface area contributed by atoms with Gasteiger partial charge in [-0.2, -0.15) is 0 Å². The summed E-state index contributed by atoms with van der Waals surface area (Å²) in [5.41, 5.74) is -0.438. The van der Waals surface area contributed by atoms with Crippen LogP contribution < -0.4 is 16.0 Å². The first kappa shape index (κ1) is 13.3. The summed E-state index contributed by atoms with van der Waals surface area (Å²) in [5, 5.41) is 9.38. The van der Waals surface area contributed by atoms with E-state index in [2.05, 4.69) is 16.0 Å². The Balaban J connectivity index is 2.42. The molecule has 0 aromatic rings. The zero-order valence-electron chi connectivity index (χ0n) is 10.6. The van der Waals surface area contributed by atoms with E-state index in [1.165, 1.54) is 0 Å². The summed E-state index contributed by atoms with van der Waals surface area (Å²) >= 11 is 0. The number of rotatable bonds is 2. The summed E-state index contributed by atoms with van der Waals surface area (Å²) in [4.78, 5) is 11.6. The molecule has 94 valence electrons. The maximum absolute atomic E-state index is 11.6. The maximum atomic E-state index is 11.6. The zero-order valence-corrected chi connectivity index (χ0v) is 10.6. The van der Waals surface area contributed by atoms with Crippen molar-refractivity contribution in [2.45, 2.75) is 44.9 Å². The number of likely N-dealkylation sites (N-methyl/N-ethyl adjacent to an activating group) is 1. The van der Waals surface area contributed by atoms with Gasteiger partial charge in [0.25, 0.3) is 0 Å². The average molecular weight is 229 g/mol. The number of carbonyl (C=O) groups is 1. The minimum absolute atomic E-state index is 0.140. The van der Waals surface area contributed by atoms with Crippen molar-refractivity contribution in [1.82, 2.24) is 16.0 Å². The van der Waals surface area contributed by atoms with Crippen LogP contribution in [0.25, 0.3) is 0 Å². The Hall–Kier alpha value is -0.810. The predicted octanol–water partition coefficient (Wildman–Crippen LogP) is 0.461. The fraction of sp³-hybridized carbons (Fsp3) is 0.909. The van der Waals surface area contributed by atoms with Crippen LogP contribution in [0, 0.1) is 0 Å². The molecule has 0 bridgehead atoms. The van der Waals surface area contributed by atoms with Gasteiger partial charge in [-0.25, -0.2) is 4.79 Å². The van der Waals surface area contributed by atoms with E-state index < -0.39 is 5.60 Å². The zero-order chi connectivity index (χ0) is 12.2. The van der Waals surface area contributed by atoms with Crippen molar-refractivity contribution < 1.29 is 9.53 Å². The van der Waals surface area contributed by atoms with Crippen LogP contribution in [0.4, 0.5) is 4.79 Å². The normalized spacial score (nSPS) is 26.2. The highest BCUT2D eigenvalue weighted by Crippen LogP contribution is 2.09. The molecule has 1 rings (SSSR count). The third kappa shape index (κ3) is 4.37. The number of alkyl carbamates (subject to hydrolysis) is 1. The molecule has 3 N–H and O–H groups in total. The fourth-order valence-electron chi connectivity index (χ4n) is 1.79. The molecular formula is C11H23N3O2. The van der Waals surface area contributed by atoms with Gasteiger partial charge in [-0.3, -0.25) is 0 Å². The van der Waals surface area contributed by atoms with Crippen molar-refractivity contribution in [1.29, 1.82) is 0 Å². The van der Waals surface area contributed by atoms with Crippen LogP contribution in [-0.2, 0) is 4.74 Å². The standard InChI is InChI=1S/C11H23N3O2/c1-11(2,3)16-10(15)14-8-5-6-13-7-9(8)12-4/h8-9,12-13H,5-7H2,1-4H3,(H,14,15)/t8-,9+/m1/s1. The third-order valence-electron chi connectivity index (χ3n) is 2.55. The van der Waals surface area contributed by atoms with Crippen molar-refractivity contribution in [2.24, 2.45) is 0 Å². The Morgan fingerprint density at radius 3 is 2.62 bits per heavy atom. The molecular weight excluding hydrogens is 206 g/mol. The van der Waals surface area contributed by atoms with Crippen LogP contribution in [-0.4, -0.2) is 43.9 Å². The van der Waals surface area contributed by atoms with E-state index in [0.29, 0.717) is 0 Å². The minimum atomic E-state index is -0.438. The second-order valence-electron chi connectivity index (χ2n) is 5.14. The Morgan fingerprint density at radius 1 is 1.38 bits per heavy atom. The third-order valence-corrected chi connectivity index (χ3v) is 2.55. The predicted molar refractivity (Wildman–Crippen MR) is 63.5 cm³/mol. The molecule has 5 heteroatoms. The monoisotopic (exact) mass is 229 g/mol. The fourth-order valence-corrected chi connectivity index (χ4v) is 1.79. The van der Waals surface area contributed by atoms with Crippen LogP contribution in [0.3, 0.4) is 0 Å². The molecule has 1 saturated heterocycles. The molecule has 1 aliphatic rings. The van der Waals surface area contributed by atoms with Gasteiger partial charge in [0.1, 0.15) is 5.60 Å². The van der Waals surface area contributed by atoms with Gasteiger partial charge in [0, 0.05) is 18.6 Å². The highest BCUT2D eigenvalue weighted by Gasteiger charge is 2.26. The van der Waals surface area contributed by atoms with Crippen LogP contribution >= 0.6 is 0 Å². The van der Waals surface area contributed by atoms with Gasteiger partial charge in [0.05, 0.1) is 0 Å². The molecule has 0 aromatic carbocycles. The average Bonchev–Trinajstić information content (AvgIpc) is 2.15. The molecule has 0 aliphatic carbocycles. The van der Waals surface area contributed by atoms with Crippen molar-refractivity contribution in [2.75, 3.05) is 20.1 Å². The lowest BCUT2D eigenvalue weighted by molar-refractivity contribution is 0.0484. The van der Waals surface area contributed by atoms with E-state index in [9.17, 15) is 4.79 Å². The van der Waals surface area contributed by atoms with Crippen molar-refractivity contribution in [3.05, 3.63) is 0 Å². The van der Waals surface area contributed by atoms with Crippen LogP contribution in [0.5, 0.6) is 0 Å². The molecule has 2 atom stereocenters. The molecule has 0 saturated carbocycles. The molecule has 0 radical (unpaired) electrons. The number of hydrogen-bond acceptors (Lipinski definition) is 4. The summed E-state index contributed by atoms with van der Waals surface area (Å²) in [6.45, 7) is 7.40. The van der Waals surface area contributed by atoms with Gasteiger partial charge < -0.3 is 20.7 Å². The molecule has 0 unspecified atom stereocenters. The molecule has 16 heavy (non-hydrogen) atoms. The molecule has 0 aromatic heterocycles. The summed E-state index contributed by atoms with van der Waals surface area (Å²) < 4.78 is 5.24. The summed E-state index contributed by atoms with van der Waals surface area (Å²) in [7, 11) is 1.90. The SMILES string of the molecule is CN[C@H]1CNCC[C@H]1NC(=O)OC(C)(C)C. The highest BCUT2D eigenvalue weighted by molar-refractivity contribution is 5.68. The smallest absolute Gasteiger partial charge is 0.407 e. The van der Waals surface area contributed by atoms with Gasteiger partial charge in [0.2, 0.25) is 0 Å². The first-order chi connectivity index (χ1) is 7.42. The lowest BCUT2D eigenvalue weighted by atomic mass is 10.0. The molecule has 1 aliphatic heterocycles. The second-order valence-corrected chi connectivity index (χ2v) is 5.14. The Labute approximate surface area is 97.3 Å². The van der Waals surface area contributed by atoms with Gasteiger partial charge in [0.15, 0.2) is 0 Å². The lowest BCUT2D eigenvalue weighted by Crippen LogP contribution is -2.58. The van der Waals surface area contributed by atoms with Crippen molar-refractivity contribution >= 4 is 6.09 Å². The van der Waals surface area contributed by atoms with Crippen LogP contribution in [0.2, 0.25) is 0 Å². The van der Waals surface area contributed by atoms with Gasteiger partial charge in [-0.15, -0.1) is 0 Å². The highest BCUT2D eigenvalue weighted by atomic mass is 16.6. The van der Waals surface area contributed by atoms with Crippen molar-refractivity contribution in [3.8, 4) is 0 Å². The quantitative estimate of drug-likeness (QED) is 0.644. The van der Waals surface area contributed by atoms with E-state index in [-0.39, 0.29) is 18.2 Å². The number of nitrogens with one attached hydrogen (secondary N) is 3. The van der Waals surface area contributed by atoms with Crippen LogP contribution in [0.1, 0.15) is 27.2 Å². The first-order valence-corrected chi connectivity index (χ1v) is 5.80. The number of amides is 1. The van der Waals surface area contributed by atoms with Gasteiger partial charge >= 0.3 is 6.09 Å². The largest absolute Gasteiger partial charge is 0.444 e. The Kier molecular flexibility index (Phi) is 4.56. The molecule has 1 heterocycles. The van der Waals surface area contributed by atoms with E-state index in [4.69, 9.17) is 4.74 Å². The van der Waals surface area contributed by atoms with E-state index >= 15 is 0 Å². The van der Waals surface area contributed by atoms with Gasteiger partial charge in [-0.05, 0) is 40.8 Å². The number of carbonyl (C=O) groups excluding carboxylic acids is 1. The van der Waals surface area contributed by atoms with E-state index in [1.807, 2.05) is 27.8 Å². The van der Waals surface area contributed by atoms with E-state index in [0.717, 1.165) is 19.5 Å². The number of hydrogen-bond donors (Lipinski definition) is 3. The van der Waals surface area contributed by atoms with Gasteiger partial charge in [-0.1, -0.05) is 0 Å². The lowest BCUT2D eigenvalue weighted by Gasteiger charge is -2.33. The van der Waals surface area contributed by atoms with E-state index in [1.54, 1.807) is 0 Å². The number of ether oxygens (including phenoxy) is 1. The summed E-state index contributed by atoms with van der Waals surface area (Å²) in [5.74, 6) is 0. The molecule has 1 amide bonds. The maximum Gasteiger partial charge on any atom is 0.407 e. The van der Waals surface area contributed by atoms with Crippen molar-refractivity contribution in [3.63, 3.8) is 0 Å². The second kappa shape index (κ2) is 5.50.